The molecule has 1 unspecified atom stereocenters. The maximum Gasteiger partial charge on any atom is 0.275 e. The van der Waals surface area contributed by atoms with Gasteiger partial charge in [0.05, 0.1) is 12.7 Å². The van der Waals surface area contributed by atoms with Gasteiger partial charge in [-0.15, -0.1) is 11.3 Å². The van der Waals surface area contributed by atoms with E-state index in [0.29, 0.717) is 13.1 Å². The van der Waals surface area contributed by atoms with Gasteiger partial charge in [-0.25, -0.2) is 4.98 Å². The zero-order valence-corrected chi connectivity index (χ0v) is 17.4. The van der Waals surface area contributed by atoms with Crippen molar-refractivity contribution >= 4 is 28.8 Å². The lowest BCUT2D eigenvalue weighted by molar-refractivity contribution is -0.885. The topological polar surface area (TPSA) is 75.5 Å². The minimum atomic E-state index is -0.0483. The lowest BCUT2D eigenvalue weighted by atomic mass is 10.1. The third-order valence-corrected chi connectivity index (χ3v) is 4.74. The quantitative estimate of drug-likeness (QED) is 0.646. The first-order valence-electron chi connectivity index (χ1n) is 9.21. The van der Waals surface area contributed by atoms with Crippen LogP contribution in [-0.4, -0.2) is 36.4 Å². The molecule has 0 spiro atoms. The molecule has 0 fully saturated rings. The van der Waals surface area contributed by atoms with E-state index >= 15 is 0 Å². The number of amides is 2. The van der Waals surface area contributed by atoms with Crippen LogP contribution in [0.4, 0.5) is 5.69 Å². The van der Waals surface area contributed by atoms with Gasteiger partial charge in [0.15, 0.2) is 6.54 Å². The summed E-state index contributed by atoms with van der Waals surface area (Å²) in [4.78, 5) is 29.4. The van der Waals surface area contributed by atoms with Crippen LogP contribution in [0.15, 0.2) is 29.6 Å². The molecule has 0 saturated carbocycles. The molecular weight excluding hydrogens is 360 g/mol. The van der Waals surface area contributed by atoms with Crippen molar-refractivity contribution in [3.63, 3.8) is 0 Å². The number of nitrogens with zero attached hydrogens (tertiary/aromatic N) is 1. The summed E-state index contributed by atoms with van der Waals surface area (Å²) < 4.78 is 0. The Morgan fingerprint density at radius 2 is 1.81 bits per heavy atom. The molecule has 0 aliphatic rings. The molecule has 3 N–H and O–H groups in total. The highest BCUT2D eigenvalue weighted by Gasteiger charge is 2.14. The highest BCUT2D eigenvalue weighted by atomic mass is 32.1. The van der Waals surface area contributed by atoms with Crippen molar-refractivity contribution in [3.8, 4) is 11.3 Å². The summed E-state index contributed by atoms with van der Waals surface area (Å²) in [5, 5.41) is 8.82. The Kier molecular flexibility index (Phi) is 7.50. The summed E-state index contributed by atoms with van der Waals surface area (Å²) in [5.41, 5.74) is 2.71. The van der Waals surface area contributed by atoms with Crippen molar-refractivity contribution in [1.82, 2.24) is 10.3 Å². The zero-order chi connectivity index (χ0) is 20.0. The predicted octanol–water partition coefficient (Wildman–Crippen LogP) is 1.94. The molecule has 27 heavy (non-hydrogen) atoms. The van der Waals surface area contributed by atoms with Gasteiger partial charge in [0.1, 0.15) is 11.6 Å². The number of likely N-dealkylation sites (N-methyl/N-ethyl adjacent to an activating group) is 1. The molecule has 1 aromatic heterocycles. The second-order valence-electron chi connectivity index (χ2n) is 7.38. The van der Waals surface area contributed by atoms with Crippen LogP contribution in [0.2, 0.25) is 0 Å². The van der Waals surface area contributed by atoms with Crippen LogP contribution in [0.25, 0.3) is 11.3 Å². The van der Waals surface area contributed by atoms with Crippen LogP contribution in [0, 0.1) is 5.92 Å². The molecule has 2 amide bonds. The number of rotatable bonds is 8. The molecule has 0 radical (unpaired) electrons. The summed E-state index contributed by atoms with van der Waals surface area (Å²) in [5.74, 6) is 0.0115. The van der Waals surface area contributed by atoms with E-state index in [9.17, 15) is 9.59 Å². The van der Waals surface area contributed by atoms with Gasteiger partial charge in [0, 0.05) is 28.6 Å². The summed E-state index contributed by atoms with van der Waals surface area (Å²) in [6.07, 6.45) is 0. The first-order valence-corrected chi connectivity index (χ1v) is 10.1. The van der Waals surface area contributed by atoms with Gasteiger partial charge in [-0.2, -0.15) is 0 Å². The van der Waals surface area contributed by atoms with E-state index in [0.717, 1.165) is 26.9 Å². The Morgan fingerprint density at radius 3 is 2.41 bits per heavy atom. The van der Waals surface area contributed by atoms with E-state index in [2.05, 4.69) is 15.6 Å². The Balaban J connectivity index is 1.95. The Bertz CT molecular complexity index is 769. The summed E-state index contributed by atoms with van der Waals surface area (Å²) >= 11 is 1.60. The van der Waals surface area contributed by atoms with E-state index in [1.165, 1.54) is 0 Å². The molecule has 2 aromatic rings. The number of nitrogens with one attached hydrogen (secondary N) is 3. The number of benzene rings is 1. The molecule has 0 aliphatic carbocycles. The molecule has 1 aromatic carbocycles. The molecule has 1 heterocycles. The number of carbonyl (C=O) groups is 2. The molecule has 146 valence electrons. The van der Waals surface area contributed by atoms with Crippen LogP contribution in [0.5, 0.6) is 0 Å². The van der Waals surface area contributed by atoms with Crippen LogP contribution in [-0.2, 0) is 16.1 Å². The maximum absolute atomic E-state index is 11.9. The van der Waals surface area contributed by atoms with E-state index in [1.807, 2.05) is 64.4 Å². The number of thiazole rings is 1. The highest BCUT2D eigenvalue weighted by molar-refractivity contribution is 7.09. The first kappa shape index (κ1) is 21.1. The fourth-order valence-electron chi connectivity index (χ4n) is 2.50. The van der Waals surface area contributed by atoms with E-state index < -0.39 is 0 Å². The van der Waals surface area contributed by atoms with Crippen LogP contribution < -0.4 is 15.5 Å². The molecule has 7 heteroatoms. The molecule has 0 saturated heterocycles. The molecule has 0 aliphatic heterocycles. The first-order chi connectivity index (χ1) is 12.7. The van der Waals surface area contributed by atoms with Crippen molar-refractivity contribution < 1.29 is 14.5 Å². The van der Waals surface area contributed by atoms with Gasteiger partial charge in [0.25, 0.3) is 5.91 Å². The molecule has 1 atom stereocenters. The average molecular weight is 390 g/mol. The third-order valence-electron chi connectivity index (χ3n) is 3.89. The third kappa shape index (κ3) is 6.77. The Hall–Kier alpha value is -2.25. The van der Waals surface area contributed by atoms with Gasteiger partial charge in [-0.05, 0) is 26.0 Å². The lowest BCUT2D eigenvalue weighted by Gasteiger charge is -2.13. The van der Waals surface area contributed by atoms with Crippen molar-refractivity contribution in [2.24, 2.45) is 5.92 Å². The second kappa shape index (κ2) is 9.62. The van der Waals surface area contributed by atoms with E-state index in [4.69, 9.17) is 0 Å². The average Bonchev–Trinajstić information content (AvgIpc) is 3.02. The fourth-order valence-corrected chi connectivity index (χ4v) is 3.42. The van der Waals surface area contributed by atoms with E-state index in [1.54, 1.807) is 11.3 Å². The minimum absolute atomic E-state index is 0.00575. The van der Waals surface area contributed by atoms with Crippen molar-refractivity contribution in [3.05, 3.63) is 34.7 Å². The van der Waals surface area contributed by atoms with Crippen molar-refractivity contribution in [2.75, 3.05) is 18.9 Å². The smallest absolute Gasteiger partial charge is 0.275 e. The summed E-state index contributed by atoms with van der Waals surface area (Å²) in [7, 11) is 1.99. The number of hydrogen-bond donors (Lipinski definition) is 3. The molecule has 2 rings (SSSR count). The zero-order valence-electron chi connectivity index (χ0n) is 16.6. The summed E-state index contributed by atoms with van der Waals surface area (Å²) in [6.45, 7) is 8.79. The lowest BCUT2D eigenvalue weighted by Crippen LogP contribution is -3.09. The van der Waals surface area contributed by atoms with Gasteiger partial charge >= 0.3 is 0 Å². The van der Waals surface area contributed by atoms with Gasteiger partial charge < -0.3 is 15.5 Å². The van der Waals surface area contributed by atoms with E-state index in [-0.39, 0.29) is 23.8 Å². The summed E-state index contributed by atoms with van der Waals surface area (Å²) in [6, 6.07) is 7.86. The van der Waals surface area contributed by atoms with Gasteiger partial charge in [-0.3, -0.25) is 9.59 Å². The maximum atomic E-state index is 11.9. The van der Waals surface area contributed by atoms with Crippen LogP contribution >= 0.6 is 11.3 Å². The number of anilines is 1. The number of quaternary nitrogens is 1. The number of aromatic nitrogens is 1. The normalized spacial score (nSPS) is 12.3. The second-order valence-corrected chi connectivity index (χ2v) is 8.32. The molecular formula is C20H29N4O2S+. The Labute approximate surface area is 165 Å². The van der Waals surface area contributed by atoms with Crippen LogP contribution in [0.1, 0.15) is 32.7 Å². The van der Waals surface area contributed by atoms with Crippen LogP contribution in [0.3, 0.4) is 0 Å². The molecule has 6 nitrogen and oxygen atoms in total. The predicted molar refractivity (Wildman–Crippen MR) is 110 cm³/mol. The van der Waals surface area contributed by atoms with Crippen molar-refractivity contribution in [2.45, 2.75) is 40.3 Å². The van der Waals surface area contributed by atoms with Crippen molar-refractivity contribution in [1.29, 1.82) is 0 Å². The monoisotopic (exact) mass is 389 g/mol. The van der Waals surface area contributed by atoms with Gasteiger partial charge in [-0.1, -0.05) is 26.0 Å². The minimum Gasteiger partial charge on any atom is -0.349 e. The largest absolute Gasteiger partial charge is 0.349 e. The SMILES string of the molecule is CC(C)NC(=O)C[NH+](C)Cc1nc(-c2ccc(NC(=O)C(C)C)cc2)cs1. The Morgan fingerprint density at radius 1 is 1.15 bits per heavy atom. The fraction of sp³-hybridized carbons (Fsp3) is 0.450. The highest BCUT2D eigenvalue weighted by Crippen LogP contribution is 2.23. The standard InChI is InChI=1S/C20H28N4O2S/c1-13(2)20(26)22-16-8-6-15(7-9-16)17-12-27-19(23-17)11-24(5)10-18(25)21-14(3)4/h6-9,12-14H,10-11H2,1-5H3,(H,21,25)(H,22,26)/p+1. The molecule has 0 bridgehead atoms. The number of hydrogen-bond acceptors (Lipinski definition) is 4. The number of carbonyl (C=O) groups excluding carboxylic acids is 2. The van der Waals surface area contributed by atoms with Gasteiger partial charge in [0.2, 0.25) is 5.91 Å².